The lowest BCUT2D eigenvalue weighted by molar-refractivity contribution is -0.00928. The van der Waals surface area contributed by atoms with Crippen molar-refractivity contribution in [3.05, 3.63) is 24.3 Å². The van der Waals surface area contributed by atoms with Crippen LogP contribution in [0.2, 0.25) is 0 Å². The zero-order valence-electron chi connectivity index (χ0n) is 9.50. The second-order valence-corrected chi connectivity index (χ2v) is 3.91. The zero-order valence-corrected chi connectivity index (χ0v) is 9.50. The predicted octanol–water partition coefficient (Wildman–Crippen LogP) is -0.231. The van der Waals surface area contributed by atoms with Crippen LogP contribution in [0.4, 0.5) is 0 Å². The lowest BCUT2D eigenvalue weighted by Crippen LogP contribution is -2.45. The molecule has 2 rings (SSSR count). The predicted molar refractivity (Wildman–Crippen MR) is 62.3 cm³/mol. The molecule has 0 aliphatic carbocycles. The fraction of sp³-hybridized carbons (Fsp3) is 0.500. The van der Waals surface area contributed by atoms with Crippen LogP contribution in [0.15, 0.2) is 24.3 Å². The van der Waals surface area contributed by atoms with Gasteiger partial charge in [0.05, 0.1) is 6.61 Å². The van der Waals surface area contributed by atoms with Crippen LogP contribution in [0.3, 0.4) is 0 Å². The number of fused-ring (bicyclic) bond motifs is 1. The third-order valence-corrected chi connectivity index (χ3v) is 2.60. The van der Waals surface area contributed by atoms with E-state index in [1.165, 1.54) is 0 Å². The highest BCUT2D eigenvalue weighted by atomic mass is 16.6. The zero-order chi connectivity index (χ0) is 12.1. The third-order valence-electron chi connectivity index (χ3n) is 2.60. The molecular formula is C12H17NO4. The fourth-order valence-electron chi connectivity index (χ4n) is 1.69. The number of rotatable bonds is 5. The smallest absolute Gasteiger partial charge is 0.161 e. The minimum atomic E-state index is -0.657. The van der Waals surface area contributed by atoms with Gasteiger partial charge in [-0.1, -0.05) is 12.1 Å². The van der Waals surface area contributed by atoms with E-state index >= 15 is 0 Å². The van der Waals surface area contributed by atoms with Crippen molar-refractivity contribution in [2.75, 3.05) is 26.3 Å². The molecule has 1 heterocycles. The van der Waals surface area contributed by atoms with Gasteiger partial charge in [-0.05, 0) is 12.1 Å². The molecule has 0 amide bonds. The molecule has 0 spiro atoms. The van der Waals surface area contributed by atoms with Gasteiger partial charge in [0.1, 0.15) is 12.7 Å². The van der Waals surface area contributed by atoms with Crippen LogP contribution in [-0.2, 0) is 0 Å². The largest absolute Gasteiger partial charge is 0.486 e. The van der Waals surface area contributed by atoms with Crippen molar-refractivity contribution in [3.63, 3.8) is 0 Å². The highest BCUT2D eigenvalue weighted by molar-refractivity contribution is 5.40. The van der Waals surface area contributed by atoms with Gasteiger partial charge in [0.25, 0.3) is 0 Å². The normalized spacial score (nSPS) is 20.0. The highest BCUT2D eigenvalue weighted by Gasteiger charge is 2.26. The van der Waals surface area contributed by atoms with E-state index in [1.54, 1.807) is 0 Å². The number of benzene rings is 1. The Kier molecular flexibility index (Phi) is 4.19. The van der Waals surface area contributed by atoms with Gasteiger partial charge in [0.15, 0.2) is 17.6 Å². The minimum absolute atomic E-state index is 0.0532. The number of aliphatic hydroxyl groups excluding tert-OH is 2. The number of hydrogen-bond donors (Lipinski definition) is 3. The Morgan fingerprint density at radius 3 is 2.88 bits per heavy atom. The molecular weight excluding hydrogens is 222 g/mol. The molecule has 1 aliphatic heterocycles. The number of hydrogen-bond acceptors (Lipinski definition) is 5. The molecule has 0 fully saturated rings. The summed E-state index contributed by atoms with van der Waals surface area (Å²) in [4.78, 5) is 0. The maximum Gasteiger partial charge on any atom is 0.161 e. The van der Waals surface area contributed by atoms with Crippen molar-refractivity contribution < 1.29 is 19.7 Å². The molecule has 0 aromatic heterocycles. The fourth-order valence-corrected chi connectivity index (χ4v) is 1.69. The molecule has 0 saturated heterocycles. The van der Waals surface area contributed by atoms with Crippen LogP contribution in [-0.4, -0.2) is 48.7 Å². The Balaban J connectivity index is 1.88. The maximum absolute atomic E-state index is 9.88. The molecule has 3 N–H and O–H groups in total. The lowest BCUT2D eigenvalue weighted by atomic mass is 10.2. The van der Waals surface area contributed by atoms with E-state index in [1.807, 2.05) is 24.3 Å². The van der Waals surface area contributed by atoms with Crippen LogP contribution in [0.1, 0.15) is 0 Å². The third kappa shape index (κ3) is 3.09. The van der Waals surface area contributed by atoms with E-state index in [-0.39, 0.29) is 12.7 Å². The second-order valence-electron chi connectivity index (χ2n) is 3.91. The first kappa shape index (κ1) is 12.2. The van der Waals surface area contributed by atoms with Crippen LogP contribution < -0.4 is 14.8 Å². The quantitative estimate of drug-likeness (QED) is 0.619. The van der Waals surface area contributed by atoms with Gasteiger partial charge < -0.3 is 25.0 Å². The van der Waals surface area contributed by atoms with Gasteiger partial charge in [0.2, 0.25) is 0 Å². The van der Waals surface area contributed by atoms with Crippen molar-refractivity contribution in [1.29, 1.82) is 0 Å². The second kappa shape index (κ2) is 5.86. The summed E-state index contributed by atoms with van der Waals surface area (Å²) in [5.74, 6) is 1.37. The summed E-state index contributed by atoms with van der Waals surface area (Å²) in [6, 6.07) is 7.39. The van der Waals surface area contributed by atoms with Gasteiger partial charge in [-0.2, -0.15) is 0 Å². The van der Waals surface area contributed by atoms with Crippen molar-refractivity contribution in [1.82, 2.24) is 5.32 Å². The topological polar surface area (TPSA) is 71.0 Å². The van der Waals surface area contributed by atoms with E-state index in [4.69, 9.17) is 14.6 Å². The molecule has 1 aliphatic rings. The Labute approximate surface area is 100.0 Å². The van der Waals surface area contributed by atoms with Crippen LogP contribution in [0.5, 0.6) is 11.5 Å². The summed E-state index contributed by atoms with van der Waals surface area (Å²) in [7, 11) is 0. The van der Waals surface area contributed by atoms with Crippen LogP contribution in [0.25, 0.3) is 0 Å². The standard InChI is InChI=1S/C12H17NO4/c14-6-5-13-7-9(15)12-8-16-10-3-1-2-4-11(10)17-12/h1-4,9,12-15H,5-8H2. The lowest BCUT2D eigenvalue weighted by Gasteiger charge is -2.29. The van der Waals surface area contributed by atoms with Gasteiger partial charge in [0, 0.05) is 13.1 Å². The summed E-state index contributed by atoms with van der Waals surface area (Å²) < 4.78 is 11.1. The minimum Gasteiger partial charge on any atom is -0.486 e. The Morgan fingerprint density at radius 1 is 1.35 bits per heavy atom. The molecule has 17 heavy (non-hydrogen) atoms. The summed E-state index contributed by atoms with van der Waals surface area (Å²) >= 11 is 0. The maximum atomic E-state index is 9.88. The Bertz CT molecular complexity index is 358. The molecule has 94 valence electrons. The highest BCUT2D eigenvalue weighted by Crippen LogP contribution is 2.31. The molecule has 5 heteroatoms. The van der Waals surface area contributed by atoms with E-state index in [0.717, 1.165) is 0 Å². The van der Waals surface area contributed by atoms with E-state index in [9.17, 15) is 5.11 Å². The molecule has 1 aromatic carbocycles. The van der Waals surface area contributed by atoms with Gasteiger partial charge in [-0.3, -0.25) is 0 Å². The summed E-state index contributed by atoms with van der Waals surface area (Å²) in [5.41, 5.74) is 0. The summed E-state index contributed by atoms with van der Waals surface area (Å²) in [5, 5.41) is 21.4. The van der Waals surface area contributed by atoms with Gasteiger partial charge >= 0.3 is 0 Å². The monoisotopic (exact) mass is 239 g/mol. The molecule has 0 bridgehead atoms. The Morgan fingerprint density at radius 2 is 2.12 bits per heavy atom. The first-order chi connectivity index (χ1) is 8.31. The van der Waals surface area contributed by atoms with Gasteiger partial charge in [-0.15, -0.1) is 0 Å². The number of nitrogens with one attached hydrogen (secondary N) is 1. The average Bonchev–Trinajstić information content (AvgIpc) is 2.38. The van der Waals surface area contributed by atoms with Crippen molar-refractivity contribution in [3.8, 4) is 11.5 Å². The molecule has 0 saturated carbocycles. The van der Waals surface area contributed by atoms with Crippen molar-refractivity contribution >= 4 is 0 Å². The number of ether oxygens (including phenoxy) is 2. The molecule has 1 aromatic rings. The molecule has 0 radical (unpaired) electrons. The van der Waals surface area contributed by atoms with E-state index in [0.29, 0.717) is 31.2 Å². The first-order valence-electron chi connectivity index (χ1n) is 5.69. The number of para-hydroxylation sites is 2. The van der Waals surface area contributed by atoms with E-state index < -0.39 is 6.10 Å². The molecule has 5 nitrogen and oxygen atoms in total. The molecule has 2 atom stereocenters. The summed E-state index contributed by atoms with van der Waals surface area (Å²) in [6.45, 7) is 1.22. The van der Waals surface area contributed by atoms with Crippen LogP contribution in [0, 0.1) is 0 Å². The Hall–Kier alpha value is -1.30. The molecule has 2 unspecified atom stereocenters. The average molecular weight is 239 g/mol. The van der Waals surface area contributed by atoms with Crippen molar-refractivity contribution in [2.24, 2.45) is 0 Å². The SMILES string of the molecule is OCCNCC(O)C1COc2ccccc2O1. The van der Waals surface area contributed by atoms with Gasteiger partial charge in [-0.25, -0.2) is 0 Å². The van der Waals surface area contributed by atoms with Crippen LogP contribution >= 0.6 is 0 Å². The first-order valence-corrected chi connectivity index (χ1v) is 5.69. The summed E-state index contributed by atoms with van der Waals surface area (Å²) in [6.07, 6.45) is -1.04. The number of aliphatic hydroxyl groups is 2. The van der Waals surface area contributed by atoms with Crippen molar-refractivity contribution in [2.45, 2.75) is 12.2 Å². The van der Waals surface area contributed by atoms with E-state index in [2.05, 4.69) is 5.32 Å².